The van der Waals surface area contributed by atoms with Crippen LogP contribution in [0.25, 0.3) is 0 Å². The molecule has 0 N–H and O–H groups in total. The van der Waals surface area contributed by atoms with Crippen molar-refractivity contribution in [1.82, 2.24) is 0 Å². The summed E-state index contributed by atoms with van der Waals surface area (Å²) in [7, 11) is 1.41. The summed E-state index contributed by atoms with van der Waals surface area (Å²) in [5.41, 5.74) is 0. The zero-order chi connectivity index (χ0) is 5.28. The fraction of sp³-hybridized carbons (Fsp3) is 0.600. The molecule has 1 aliphatic rings. The van der Waals surface area contributed by atoms with Crippen LogP contribution >= 0.6 is 0 Å². The second-order valence-corrected chi connectivity index (χ2v) is 1.60. The molecule has 0 bridgehead atoms. The lowest BCUT2D eigenvalue weighted by Crippen LogP contribution is -1.99. The van der Waals surface area contributed by atoms with Gasteiger partial charge in [-0.1, -0.05) is 0 Å². The fourth-order valence-electron chi connectivity index (χ4n) is 0.411. The topological polar surface area (TPSA) is 26.3 Å². The van der Waals surface area contributed by atoms with Crippen molar-refractivity contribution >= 4 is 5.97 Å². The van der Waals surface area contributed by atoms with Gasteiger partial charge in [0.15, 0.2) is 0 Å². The van der Waals surface area contributed by atoms with Gasteiger partial charge in [-0.15, -0.1) is 0 Å². The van der Waals surface area contributed by atoms with Crippen LogP contribution in [0.3, 0.4) is 0 Å². The molecule has 0 spiro atoms. The van der Waals surface area contributed by atoms with Crippen molar-refractivity contribution in [3.05, 3.63) is 5.92 Å². The van der Waals surface area contributed by atoms with Crippen LogP contribution in [-0.4, -0.2) is 13.1 Å². The molecule has 0 heterocycles. The molecule has 1 fully saturated rings. The van der Waals surface area contributed by atoms with Crippen molar-refractivity contribution in [2.45, 2.75) is 12.8 Å². The fourth-order valence-corrected chi connectivity index (χ4v) is 0.411. The molecule has 0 aliphatic heterocycles. The van der Waals surface area contributed by atoms with Gasteiger partial charge in [-0.05, 0) is 12.8 Å². The molecule has 7 heavy (non-hydrogen) atoms. The zero-order valence-corrected chi connectivity index (χ0v) is 4.23. The molecule has 0 aromatic carbocycles. The van der Waals surface area contributed by atoms with E-state index in [4.69, 9.17) is 0 Å². The molecule has 1 saturated carbocycles. The summed E-state index contributed by atoms with van der Waals surface area (Å²) in [5, 5.41) is 0. The predicted molar refractivity (Wildman–Crippen MR) is 24.5 cm³/mol. The van der Waals surface area contributed by atoms with Crippen molar-refractivity contribution < 1.29 is 9.53 Å². The van der Waals surface area contributed by atoms with Crippen LogP contribution in [0.1, 0.15) is 12.8 Å². The molecular weight excluding hydrogens is 92.1 g/mol. The predicted octanol–water partition coefficient (Wildman–Crippen LogP) is 0.528. The molecule has 1 rings (SSSR count). The summed E-state index contributed by atoms with van der Waals surface area (Å²) >= 11 is 0. The first-order valence-electron chi connectivity index (χ1n) is 2.27. The number of esters is 1. The van der Waals surface area contributed by atoms with Gasteiger partial charge in [0.05, 0.1) is 13.0 Å². The molecule has 0 saturated heterocycles. The van der Waals surface area contributed by atoms with Crippen LogP contribution in [-0.2, 0) is 9.53 Å². The van der Waals surface area contributed by atoms with Gasteiger partial charge in [0, 0.05) is 0 Å². The molecule has 0 aromatic rings. The molecular formula is C5H7O2. The van der Waals surface area contributed by atoms with Gasteiger partial charge in [-0.25, -0.2) is 0 Å². The van der Waals surface area contributed by atoms with Crippen molar-refractivity contribution in [2.24, 2.45) is 0 Å². The Morgan fingerprint density at radius 1 is 1.71 bits per heavy atom. The minimum atomic E-state index is -0.125. The highest BCUT2D eigenvalue weighted by atomic mass is 16.5. The molecule has 1 radical (unpaired) electrons. The third kappa shape index (κ3) is 0.918. The first-order valence-corrected chi connectivity index (χ1v) is 2.27. The highest BCUT2D eigenvalue weighted by Gasteiger charge is 2.31. The maximum absolute atomic E-state index is 10.3. The Labute approximate surface area is 42.5 Å². The lowest BCUT2D eigenvalue weighted by molar-refractivity contribution is -0.137. The third-order valence-electron chi connectivity index (χ3n) is 0.974. The number of methoxy groups -OCH3 is 1. The van der Waals surface area contributed by atoms with Crippen LogP contribution in [0.2, 0.25) is 0 Å². The Balaban J connectivity index is 2.24. The summed E-state index contributed by atoms with van der Waals surface area (Å²) in [5.74, 6) is 0.808. The zero-order valence-electron chi connectivity index (χ0n) is 4.23. The Morgan fingerprint density at radius 2 is 2.29 bits per heavy atom. The summed E-state index contributed by atoms with van der Waals surface area (Å²) in [6.07, 6.45) is 1.90. The summed E-state index contributed by atoms with van der Waals surface area (Å²) in [4.78, 5) is 10.3. The van der Waals surface area contributed by atoms with Gasteiger partial charge < -0.3 is 4.74 Å². The minimum absolute atomic E-state index is 0.125. The molecule has 0 unspecified atom stereocenters. The van der Waals surface area contributed by atoms with Crippen molar-refractivity contribution in [3.8, 4) is 0 Å². The Kier molecular flexibility index (Phi) is 1.01. The van der Waals surface area contributed by atoms with Gasteiger partial charge in [0.2, 0.25) is 0 Å². The molecule has 1 aliphatic carbocycles. The second kappa shape index (κ2) is 1.52. The quantitative estimate of drug-likeness (QED) is 0.448. The van der Waals surface area contributed by atoms with Crippen LogP contribution in [0.15, 0.2) is 0 Å². The van der Waals surface area contributed by atoms with E-state index < -0.39 is 0 Å². The van der Waals surface area contributed by atoms with E-state index in [0.717, 1.165) is 18.8 Å². The molecule has 39 valence electrons. The number of carbonyl (C=O) groups is 1. The van der Waals surface area contributed by atoms with Gasteiger partial charge in [-0.3, -0.25) is 4.79 Å². The van der Waals surface area contributed by atoms with Gasteiger partial charge in [0.1, 0.15) is 0 Å². The Hall–Kier alpha value is -0.530. The maximum Gasteiger partial charge on any atom is 0.312 e. The lowest BCUT2D eigenvalue weighted by atomic mass is 10.4. The first-order chi connectivity index (χ1) is 3.34. The highest BCUT2D eigenvalue weighted by Crippen LogP contribution is 2.32. The molecule has 0 amide bonds. The number of rotatable bonds is 1. The van der Waals surface area contributed by atoms with E-state index in [1.165, 1.54) is 7.11 Å². The van der Waals surface area contributed by atoms with Crippen molar-refractivity contribution in [3.63, 3.8) is 0 Å². The highest BCUT2D eigenvalue weighted by molar-refractivity contribution is 5.88. The van der Waals surface area contributed by atoms with E-state index in [0.29, 0.717) is 0 Å². The van der Waals surface area contributed by atoms with E-state index in [-0.39, 0.29) is 5.97 Å². The minimum Gasteiger partial charge on any atom is -0.469 e. The monoisotopic (exact) mass is 99.0 g/mol. The largest absolute Gasteiger partial charge is 0.469 e. The lowest BCUT2D eigenvalue weighted by Gasteiger charge is -1.88. The number of hydrogen-bond donors (Lipinski definition) is 0. The van der Waals surface area contributed by atoms with Crippen LogP contribution in [0.4, 0.5) is 0 Å². The maximum atomic E-state index is 10.3. The average Bonchev–Trinajstić information content (AvgIpc) is 2.44. The first kappa shape index (κ1) is 4.62. The normalized spacial score (nSPS) is 19.0. The van der Waals surface area contributed by atoms with Crippen molar-refractivity contribution in [1.29, 1.82) is 0 Å². The van der Waals surface area contributed by atoms with Crippen LogP contribution in [0.5, 0.6) is 0 Å². The SMILES string of the molecule is COC(=O)[C]1CC1. The molecule has 0 atom stereocenters. The average molecular weight is 99.1 g/mol. The van der Waals surface area contributed by atoms with E-state index in [2.05, 4.69) is 4.74 Å². The third-order valence-corrected chi connectivity index (χ3v) is 0.974. The van der Waals surface area contributed by atoms with Crippen LogP contribution < -0.4 is 0 Å². The summed E-state index contributed by atoms with van der Waals surface area (Å²) in [6, 6.07) is 0. The number of ether oxygens (including phenoxy) is 1. The standard InChI is InChI=1S/C5H7O2/c1-7-5(6)4-2-3-4/h2-3H2,1H3. The van der Waals surface area contributed by atoms with E-state index in [9.17, 15) is 4.79 Å². The van der Waals surface area contributed by atoms with E-state index in [1.807, 2.05) is 0 Å². The van der Waals surface area contributed by atoms with Crippen LogP contribution in [0, 0.1) is 5.92 Å². The second-order valence-electron chi connectivity index (χ2n) is 1.60. The van der Waals surface area contributed by atoms with Gasteiger partial charge in [-0.2, -0.15) is 0 Å². The Bertz CT molecular complexity index is 84.1. The number of hydrogen-bond acceptors (Lipinski definition) is 2. The molecule has 2 nitrogen and oxygen atoms in total. The molecule has 2 heteroatoms. The Morgan fingerprint density at radius 3 is 2.43 bits per heavy atom. The van der Waals surface area contributed by atoms with E-state index in [1.54, 1.807) is 0 Å². The summed E-state index contributed by atoms with van der Waals surface area (Å²) in [6.45, 7) is 0. The number of carbonyl (C=O) groups excluding carboxylic acids is 1. The summed E-state index contributed by atoms with van der Waals surface area (Å²) < 4.78 is 4.40. The molecule has 0 aromatic heterocycles. The van der Waals surface area contributed by atoms with Crippen molar-refractivity contribution in [2.75, 3.05) is 7.11 Å². The van der Waals surface area contributed by atoms with E-state index >= 15 is 0 Å². The van der Waals surface area contributed by atoms with Gasteiger partial charge in [0.25, 0.3) is 0 Å². The van der Waals surface area contributed by atoms with Gasteiger partial charge >= 0.3 is 5.97 Å². The smallest absolute Gasteiger partial charge is 0.312 e.